The van der Waals surface area contributed by atoms with Crippen LogP contribution in [0.5, 0.6) is 0 Å². The van der Waals surface area contributed by atoms with Crippen LogP contribution in [0.15, 0.2) is 48.4 Å². The first-order chi connectivity index (χ1) is 15.0. The van der Waals surface area contributed by atoms with Gasteiger partial charge in [0.1, 0.15) is 24.0 Å². The second-order valence-corrected chi connectivity index (χ2v) is 9.49. The minimum Gasteiger partial charge on any atom is -0.459 e. The Morgan fingerprint density at radius 1 is 1.12 bits per heavy atom. The van der Waals surface area contributed by atoms with Gasteiger partial charge in [-0.05, 0) is 24.3 Å². The summed E-state index contributed by atoms with van der Waals surface area (Å²) in [5.74, 6) is -1.56. The Morgan fingerprint density at radius 3 is 2.12 bits per heavy atom. The van der Waals surface area contributed by atoms with E-state index < -0.39 is 29.3 Å². The van der Waals surface area contributed by atoms with E-state index in [2.05, 4.69) is 14.1 Å². The van der Waals surface area contributed by atoms with Crippen molar-refractivity contribution >= 4 is 29.2 Å². The number of likely N-dealkylation sites (N-methyl/N-ethyl adjacent to an activating group) is 1. The molecule has 32 heavy (non-hydrogen) atoms. The predicted molar refractivity (Wildman–Crippen MR) is 115 cm³/mol. The Kier molecular flexibility index (Phi) is 5.96. The first kappa shape index (κ1) is 23.0. The van der Waals surface area contributed by atoms with Crippen LogP contribution in [0.4, 0.5) is 8.78 Å². The smallest absolute Gasteiger partial charge is 0.347 e. The van der Waals surface area contributed by atoms with Gasteiger partial charge < -0.3 is 19.1 Å². The molecule has 2 aliphatic heterocycles. The maximum Gasteiger partial charge on any atom is 0.347 e. The molecule has 9 heteroatoms. The van der Waals surface area contributed by atoms with Gasteiger partial charge in [0.25, 0.3) is 0 Å². The van der Waals surface area contributed by atoms with Crippen LogP contribution in [-0.4, -0.2) is 48.3 Å². The summed E-state index contributed by atoms with van der Waals surface area (Å²) in [5.41, 5.74) is -2.41. The third kappa shape index (κ3) is 4.22. The molecule has 0 aliphatic carbocycles. The SMILES string of the molecule is C[N+]1(C)CC[C@@H](OC(=O)C(O)(c2ccc(F)c(Cl)c2)c2ccc(F)c(Cl)c2)C[C@H]1C1=CO1. The summed E-state index contributed by atoms with van der Waals surface area (Å²) in [6.07, 6.45) is 2.27. The van der Waals surface area contributed by atoms with E-state index in [1.54, 1.807) is 6.26 Å². The number of ether oxygens (including phenoxy) is 2. The molecule has 4 rings (SSSR count). The molecule has 2 heterocycles. The van der Waals surface area contributed by atoms with Crippen molar-refractivity contribution in [3.05, 3.63) is 81.2 Å². The number of esters is 1. The van der Waals surface area contributed by atoms with Crippen molar-refractivity contribution < 1.29 is 32.6 Å². The maximum atomic E-state index is 13.8. The Morgan fingerprint density at radius 2 is 1.66 bits per heavy atom. The van der Waals surface area contributed by atoms with Gasteiger partial charge in [0.05, 0.1) is 30.7 Å². The number of benzene rings is 2. The molecule has 170 valence electrons. The first-order valence-corrected chi connectivity index (χ1v) is 10.8. The number of rotatable bonds is 5. The van der Waals surface area contributed by atoms with E-state index in [-0.39, 0.29) is 27.2 Å². The molecule has 1 N–H and O–H groups in total. The lowest BCUT2D eigenvalue weighted by atomic mass is 9.86. The van der Waals surface area contributed by atoms with Gasteiger partial charge in [0, 0.05) is 24.0 Å². The van der Waals surface area contributed by atoms with Gasteiger partial charge in [-0.15, -0.1) is 0 Å². The number of piperidine rings is 1. The number of halogens is 4. The van der Waals surface area contributed by atoms with Crippen molar-refractivity contribution in [3.63, 3.8) is 0 Å². The summed E-state index contributed by atoms with van der Waals surface area (Å²) < 4.78 is 39.2. The fourth-order valence-corrected chi connectivity index (χ4v) is 4.49. The number of carbonyl (C=O) groups is 1. The fourth-order valence-electron chi connectivity index (χ4n) is 4.12. The lowest BCUT2D eigenvalue weighted by Gasteiger charge is -2.42. The molecular formula is C23H22Cl2F2NO4+. The number of aliphatic hydroxyl groups is 1. The van der Waals surface area contributed by atoms with Crippen LogP contribution < -0.4 is 0 Å². The molecule has 2 atom stereocenters. The third-order valence-corrected chi connectivity index (χ3v) is 6.76. The van der Waals surface area contributed by atoms with Crippen molar-refractivity contribution in [1.29, 1.82) is 0 Å². The standard InChI is InChI=1S/C23H22Cl2F2NO4/c1-28(2)8-7-15(11-20(28)21-12-31-21)32-22(29)23(30,13-3-5-18(26)16(24)9-13)14-4-6-19(27)17(25)10-14/h3-6,9-10,12,15,20,30H,7-8,11H2,1-2H3/q+1/t15-,20+/m1/s1. The molecule has 0 aromatic heterocycles. The normalized spacial score (nSPS) is 22.0. The molecule has 2 aromatic rings. The van der Waals surface area contributed by atoms with Crippen LogP contribution >= 0.6 is 23.2 Å². The summed E-state index contributed by atoms with van der Waals surface area (Å²) in [6, 6.07) is 6.83. The fraction of sp³-hybridized carbons (Fsp3) is 0.348. The highest BCUT2D eigenvalue weighted by atomic mass is 35.5. The van der Waals surface area contributed by atoms with Gasteiger partial charge in [0.15, 0.2) is 11.8 Å². The number of hydrogen-bond donors (Lipinski definition) is 1. The van der Waals surface area contributed by atoms with Crippen LogP contribution in [0.1, 0.15) is 24.0 Å². The zero-order valence-electron chi connectivity index (χ0n) is 17.4. The lowest BCUT2D eigenvalue weighted by Crippen LogP contribution is -2.56. The van der Waals surface area contributed by atoms with Gasteiger partial charge in [-0.25, -0.2) is 13.6 Å². The van der Waals surface area contributed by atoms with Crippen molar-refractivity contribution in [2.45, 2.75) is 30.6 Å². The van der Waals surface area contributed by atoms with Gasteiger partial charge in [-0.2, -0.15) is 0 Å². The summed E-state index contributed by atoms with van der Waals surface area (Å²) in [4.78, 5) is 13.4. The van der Waals surface area contributed by atoms with Gasteiger partial charge in [-0.3, -0.25) is 0 Å². The Balaban J connectivity index is 1.68. The average molecular weight is 485 g/mol. The highest BCUT2D eigenvalue weighted by molar-refractivity contribution is 6.31. The van der Waals surface area contributed by atoms with Crippen molar-refractivity contribution in [1.82, 2.24) is 0 Å². The van der Waals surface area contributed by atoms with E-state index in [0.717, 1.165) is 36.6 Å². The number of likely N-dealkylation sites (tertiary alicyclic amines) is 1. The second-order valence-electron chi connectivity index (χ2n) is 8.68. The Labute approximate surface area is 194 Å². The van der Waals surface area contributed by atoms with Crippen molar-refractivity contribution in [2.24, 2.45) is 0 Å². The summed E-state index contributed by atoms with van der Waals surface area (Å²) in [6.45, 7) is 0.729. The Hall–Kier alpha value is -2.19. The minimum atomic E-state index is -2.37. The molecule has 0 amide bonds. The van der Waals surface area contributed by atoms with Crippen molar-refractivity contribution in [2.75, 3.05) is 20.6 Å². The molecular weight excluding hydrogens is 463 g/mol. The molecule has 1 fully saturated rings. The molecule has 0 radical (unpaired) electrons. The van der Waals surface area contributed by atoms with Crippen LogP contribution in [0.3, 0.4) is 0 Å². The average Bonchev–Trinajstić information content (AvgIpc) is 3.57. The summed E-state index contributed by atoms with van der Waals surface area (Å²) >= 11 is 11.8. The second kappa shape index (κ2) is 8.30. The quantitative estimate of drug-likeness (QED) is 0.500. The highest BCUT2D eigenvalue weighted by Gasteiger charge is 2.48. The van der Waals surface area contributed by atoms with Crippen LogP contribution in [0.25, 0.3) is 0 Å². The molecule has 2 aromatic carbocycles. The predicted octanol–water partition coefficient (Wildman–Crippen LogP) is 4.53. The molecule has 0 bridgehead atoms. The minimum absolute atomic E-state index is 0.0201. The zero-order valence-corrected chi connectivity index (χ0v) is 19.0. The third-order valence-electron chi connectivity index (χ3n) is 6.18. The largest absolute Gasteiger partial charge is 0.459 e. The molecule has 0 spiro atoms. The maximum absolute atomic E-state index is 13.8. The number of hydrogen-bond acceptors (Lipinski definition) is 4. The van der Waals surface area contributed by atoms with E-state index in [1.165, 1.54) is 12.1 Å². The molecule has 1 saturated heterocycles. The van der Waals surface area contributed by atoms with E-state index >= 15 is 0 Å². The zero-order chi connectivity index (χ0) is 23.3. The van der Waals surface area contributed by atoms with Crippen LogP contribution in [-0.2, 0) is 19.9 Å². The topological polar surface area (TPSA) is 59.1 Å². The molecule has 0 saturated carbocycles. The van der Waals surface area contributed by atoms with Crippen LogP contribution in [0, 0.1) is 11.6 Å². The molecule has 0 unspecified atom stereocenters. The monoisotopic (exact) mass is 484 g/mol. The van der Waals surface area contributed by atoms with E-state index in [9.17, 15) is 18.7 Å². The highest BCUT2D eigenvalue weighted by Crippen LogP contribution is 2.38. The van der Waals surface area contributed by atoms with Crippen LogP contribution in [0.2, 0.25) is 10.0 Å². The van der Waals surface area contributed by atoms with E-state index in [4.69, 9.17) is 32.7 Å². The van der Waals surface area contributed by atoms with E-state index in [1.807, 2.05) is 0 Å². The number of carbonyl (C=O) groups excluding carboxylic acids is 1. The van der Waals surface area contributed by atoms with Gasteiger partial charge in [-0.1, -0.05) is 35.3 Å². The molecule has 2 aliphatic rings. The number of quaternary nitrogens is 1. The van der Waals surface area contributed by atoms with E-state index in [0.29, 0.717) is 17.3 Å². The number of nitrogens with zero attached hydrogens (tertiary/aromatic N) is 1. The summed E-state index contributed by atoms with van der Waals surface area (Å²) in [5, 5.41) is 11.0. The molecule has 5 nitrogen and oxygen atoms in total. The van der Waals surface area contributed by atoms with Crippen molar-refractivity contribution in [3.8, 4) is 0 Å². The van der Waals surface area contributed by atoms with Gasteiger partial charge >= 0.3 is 5.97 Å². The van der Waals surface area contributed by atoms with Gasteiger partial charge in [0.2, 0.25) is 5.60 Å². The Bertz CT molecular complexity index is 1050. The lowest BCUT2D eigenvalue weighted by molar-refractivity contribution is -0.916. The first-order valence-electron chi connectivity index (χ1n) is 10.1. The summed E-state index contributed by atoms with van der Waals surface area (Å²) in [7, 11) is 4.14.